The second-order valence-electron chi connectivity index (χ2n) is 9.44. The molecule has 0 heterocycles. The van der Waals surface area contributed by atoms with Crippen LogP contribution in [0, 0.1) is 12.7 Å². The van der Waals surface area contributed by atoms with Crippen LogP contribution < -0.4 is 19.1 Å². The average Bonchev–Trinajstić information content (AvgIpc) is 2.91. The number of ether oxygens (including phenoxy) is 2. The highest BCUT2D eigenvalue weighted by Gasteiger charge is 2.17. The largest absolute Gasteiger partial charge is 0.480 e. The first-order chi connectivity index (χ1) is 19.9. The summed E-state index contributed by atoms with van der Waals surface area (Å²) >= 11 is 12.4. The molecule has 0 aliphatic carbocycles. The summed E-state index contributed by atoms with van der Waals surface area (Å²) in [5.74, 6) is -0.453. The van der Waals surface area contributed by atoms with Gasteiger partial charge in [0.1, 0.15) is 23.1 Å². The van der Waals surface area contributed by atoms with E-state index in [1.807, 2.05) is 30.0 Å². The highest BCUT2D eigenvalue weighted by Crippen LogP contribution is 2.33. The summed E-state index contributed by atoms with van der Waals surface area (Å²) in [5, 5.41) is 9.40. The number of carbonyl (C=O) groups is 1. The van der Waals surface area contributed by atoms with Gasteiger partial charge in [-0.15, -0.1) is 0 Å². The number of halogens is 3. The first-order valence-electron chi connectivity index (χ1n) is 12.5. The SMILES string of the molecule is Cc1c(NS(C)(=O)=O)cccc1N(Cc1ccc(Oc2ccc(Cl)c(OCC(=O)O)c2)cc1)Cc1ccc(F)cc1Cl. The summed E-state index contributed by atoms with van der Waals surface area (Å²) in [6.07, 6.45) is 1.09. The molecule has 4 aromatic carbocycles. The first-order valence-corrected chi connectivity index (χ1v) is 15.2. The lowest BCUT2D eigenvalue weighted by Crippen LogP contribution is -2.24. The summed E-state index contributed by atoms with van der Waals surface area (Å²) in [4.78, 5) is 12.8. The second-order valence-corrected chi connectivity index (χ2v) is 12.0. The third-order valence-electron chi connectivity index (χ3n) is 6.10. The number of hydrogen-bond donors (Lipinski definition) is 2. The fraction of sp³-hybridized carbons (Fsp3) is 0.167. The predicted molar refractivity (Wildman–Crippen MR) is 162 cm³/mol. The highest BCUT2D eigenvalue weighted by molar-refractivity contribution is 7.92. The highest BCUT2D eigenvalue weighted by atomic mass is 35.5. The molecule has 4 rings (SSSR count). The van der Waals surface area contributed by atoms with E-state index in [2.05, 4.69) is 4.72 Å². The van der Waals surface area contributed by atoms with Gasteiger partial charge in [-0.1, -0.05) is 47.5 Å². The van der Waals surface area contributed by atoms with Gasteiger partial charge >= 0.3 is 5.97 Å². The molecule has 0 spiro atoms. The maximum Gasteiger partial charge on any atom is 0.341 e. The van der Waals surface area contributed by atoms with E-state index in [1.165, 1.54) is 18.2 Å². The van der Waals surface area contributed by atoms with Crippen molar-refractivity contribution in [3.05, 3.63) is 111 Å². The van der Waals surface area contributed by atoms with E-state index in [1.54, 1.807) is 42.5 Å². The van der Waals surface area contributed by atoms with Gasteiger partial charge in [0.25, 0.3) is 0 Å². The van der Waals surface area contributed by atoms with Crippen LogP contribution in [0.3, 0.4) is 0 Å². The maximum atomic E-state index is 13.7. The molecule has 12 heteroatoms. The molecule has 0 unspecified atom stereocenters. The fourth-order valence-corrected chi connectivity index (χ4v) is 5.19. The van der Waals surface area contributed by atoms with Gasteiger partial charge in [0.05, 0.1) is 17.0 Å². The Morgan fingerprint density at radius 1 is 0.952 bits per heavy atom. The number of nitrogens with one attached hydrogen (secondary N) is 1. The van der Waals surface area contributed by atoms with Crippen molar-refractivity contribution in [2.45, 2.75) is 20.0 Å². The lowest BCUT2D eigenvalue weighted by molar-refractivity contribution is -0.139. The topological polar surface area (TPSA) is 105 Å². The number of sulfonamides is 1. The van der Waals surface area contributed by atoms with Crippen molar-refractivity contribution in [2.24, 2.45) is 0 Å². The minimum atomic E-state index is -3.50. The summed E-state index contributed by atoms with van der Waals surface area (Å²) in [5.41, 5.74) is 3.53. The van der Waals surface area contributed by atoms with Gasteiger partial charge in [-0.05, 0) is 72.1 Å². The second kappa shape index (κ2) is 13.3. The number of aliphatic carboxylic acids is 1. The van der Waals surface area contributed by atoms with Crippen molar-refractivity contribution in [3.8, 4) is 17.2 Å². The Bertz CT molecular complexity index is 1700. The van der Waals surface area contributed by atoms with Gasteiger partial charge in [-0.25, -0.2) is 17.6 Å². The molecular formula is C30H27Cl2FN2O6S. The summed E-state index contributed by atoms with van der Waals surface area (Å²) in [7, 11) is -3.50. The van der Waals surface area contributed by atoms with Crippen LogP contribution in [0.4, 0.5) is 15.8 Å². The maximum absolute atomic E-state index is 13.7. The number of carboxylic acid groups (broad SMARTS) is 1. The van der Waals surface area contributed by atoms with Gasteiger partial charge in [-0.2, -0.15) is 0 Å². The van der Waals surface area contributed by atoms with Crippen molar-refractivity contribution in [1.82, 2.24) is 0 Å². The molecule has 0 amide bonds. The van der Waals surface area contributed by atoms with E-state index >= 15 is 0 Å². The fourth-order valence-electron chi connectivity index (χ4n) is 4.17. The van der Waals surface area contributed by atoms with Crippen LogP contribution in [0.15, 0.2) is 78.9 Å². The minimum Gasteiger partial charge on any atom is -0.480 e. The van der Waals surface area contributed by atoms with Crippen molar-refractivity contribution >= 4 is 50.6 Å². The van der Waals surface area contributed by atoms with E-state index in [0.29, 0.717) is 41.4 Å². The van der Waals surface area contributed by atoms with Crippen LogP contribution in [-0.2, 0) is 27.9 Å². The third kappa shape index (κ3) is 8.51. The Labute approximate surface area is 253 Å². The smallest absolute Gasteiger partial charge is 0.341 e. The number of benzene rings is 4. The van der Waals surface area contributed by atoms with Gasteiger partial charge in [0.15, 0.2) is 6.61 Å². The van der Waals surface area contributed by atoms with Gasteiger partial charge in [-0.3, -0.25) is 4.72 Å². The zero-order valence-corrected chi connectivity index (χ0v) is 24.9. The molecule has 0 saturated carbocycles. The molecule has 0 aliphatic heterocycles. The molecular weight excluding hydrogens is 606 g/mol. The van der Waals surface area contributed by atoms with Crippen molar-refractivity contribution < 1.29 is 32.2 Å². The standard InChI is InChI=1S/C30H27Cl2FN2O6S/c1-19-27(34-42(2,38)39)4-3-5-28(19)35(17-21-8-9-22(33)14-26(21)32)16-20-6-10-23(11-7-20)41-24-12-13-25(31)29(15-24)40-18-30(36)37/h3-15,34H,16-18H2,1-2H3,(H,36,37). The van der Waals surface area contributed by atoms with E-state index in [9.17, 15) is 17.6 Å². The van der Waals surface area contributed by atoms with Crippen LogP contribution in [0.1, 0.15) is 16.7 Å². The molecule has 42 heavy (non-hydrogen) atoms. The molecule has 0 radical (unpaired) electrons. The predicted octanol–water partition coefficient (Wildman–Crippen LogP) is 7.27. The number of hydrogen-bond acceptors (Lipinski definition) is 6. The average molecular weight is 634 g/mol. The molecule has 0 aromatic heterocycles. The third-order valence-corrected chi connectivity index (χ3v) is 7.36. The Morgan fingerprint density at radius 3 is 2.33 bits per heavy atom. The summed E-state index contributed by atoms with van der Waals surface area (Å²) in [6.45, 7) is 2.01. The Morgan fingerprint density at radius 2 is 1.67 bits per heavy atom. The molecule has 0 bridgehead atoms. The van der Waals surface area contributed by atoms with Crippen LogP contribution in [-0.4, -0.2) is 32.4 Å². The van der Waals surface area contributed by atoms with Gasteiger partial charge < -0.3 is 19.5 Å². The quantitative estimate of drug-likeness (QED) is 0.169. The molecule has 0 fully saturated rings. The van der Waals surface area contributed by atoms with Gasteiger partial charge in [0.2, 0.25) is 10.0 Å². The van der Waals surface area contributed by atoms with Crippen molar-refractivity contribution in [2.75, 3.05) is 22.5 Å². The first kappa shape index (κ1) is 31.0. The van der Waals surface area contributed by atoms with Crippen LogP contribution >= 0.6 is 23.2 Å². The van der Waals surface area contributed by atoms with Crippen LogP contribution in [0.2, 0.25) is 10.0 Å². The summed E-state index contributed by atoms with van der Waals surface area (Å²) < 4.78 is 51.2. The number of carboxylic acids is 1. The molecule has 4 aromatic rings. The van der Waals surface area contributed by atoms with E-state index in [4.69, 9.17) is 37.8 Å². The number of nitrogens with zero attached hydrogens (tertiary/aromatic N) is 1. The Balaban J connectivity index is 1.59. The van der Waals surface area contributed by atoms with Crippen LogP contribution in [0.5, 0.6) is 17.2 Å². The molecule has 0 saturated heterocycles. The normalized spacial score (nSPS) is 11.2. The van der Waals surface area contributed by atoms with E-state index in [0.717, 1.165) is 17.5 Å². The van der Waals surface area contributed by atoms with Crippen molar-refractivity contribution in [3.63, 3.8) is 0 Å². The number of rotatable bonds is 12. The molecule has 8 nitrogen and oxygen atoms in total. The Hall–Kier alpha value is -3.99. The lowest BCUT2D eigenvalue weighted by Gasteiger charge is -2.28. The molecule has 220 valence electrons. The lowest BCUT2D eigenvalue weighted by atomic mass is 10.1. The monoisotopic (exact) mass is 632 g/mol. The number of anilines is 2. The Kier molecular flexibility index (Phi) is 9.82. The minimum absolute atomic E-state index is 0.186. The van der Waals surface area contributed by atoms with Gasteiger partial charge in [0, 0.05) is 29.9 Å². The molecule has 2 N–H and O–H groups in total. The zero-order chi connectivity index (χ0) is 30.4. The molecule has 0 atom stereocenters. The van der Waals surface area contributed by atoms with E-state index < -0.39 is 28.4 Å². The van der Waals surface area contributed by atoms with Crippen molar-refractivity contribution in [1.29, 1.82) is 0 Å². The van der Waals surface area contributed by atoms with Crippen LogP contribution in [0.25, 0.3) is 0 Å². The zero-order valence-electron chi connectivity index (χ0n) is 22.6. The van der Waals surface area contributed by atoms with E-state index in [-0.39, 0.29) is 15.8 Å². The molecule has 0 aliphatic rings. The summed E-state index contributed by atoms with van der Waals surface area (Å²) in [6, 6.07) is 21.5.